The van der Waals surface area contributed by atoms with E-state index in [1.807, 2.05) is 18.2 Å². The van der Waals surface area contributed by atoms with Crippen molar-refractivity contribution in [2.45, 2.75) is 6.42 Å². The summed E-state index contributed by atoms with van der Waals surface area (Å²) in [4.78, 5) is 11.2. The molecule has 1 aliphatic heterocycles. The van der Waals surface area contributed by atoms with Gasteiger partial charge in [0.15, 0.2) is 11.5 Å². The van der Waals surface area contributed by atoms with Crippen LogP contribution in [0.2, 0.25) is 0 Å². The third-order valence-corrected chi connectivity index (χ3v) is 2.61. The molecule has 0 N–H and O–H groups in total. The predicted molar refractivity (Wildman–Crippen MR) is 55.1 cm³/mol. The summed E-state index contributed by atoms with van der Waals surface area (Å²) in [6.45, 7) is 0.269. The van der Waals surface area contributed by atoms with Gasteiger partial charge in [0.25, 0.3) is 0 Å². The third kappa shape index (κ3) is 1.90. The van der Waals surface area contributed by atoms with Crippen LogP contribution in [-0.4, -0.2) is 17.9 Å². The zero-order chi connectivity index (χ0) is 9.97. The highest BCUT2D eigenvalue weighted by Gasteiger charge is 2.13. The predicted octanol–water partition coefficient (Wildman–Crippen LogP) is 1.92. The molecule has 0 atom stereocenters. The Morgan fingerprint density at radius 1 is 1.36 bits per heavy atom. The van der Waals surface area contributed by atoms with Crippen LogP contribution in [0, 0.1) is 0 Å². The van der Waals surface area contributed by atoms with Gasteiger partial charge in [0.1, 0.15) is 5.78 Å². The molecule has 2 rings (SSSR count). The Morgan fingerprint density at radius 2 is 2.14 bits per heavy atom. The van der Waals surface area contributed by atoms with Crippen molar-refractivity contribution in [1.29, 1.82) is 0 Å². The van der Waals surface area contributed by atoms with Crippen LogP contribution >= 0.6 is 15.9 Å². The summed E-state index contributed by atoms with van der Waals surface area (Å²) in [6.07, 6.45) is 0.432. The third-order valence-electron chi connectivity index (χ3n) is 1.99. The first-order valence-electron chi connectivity index (χ1n) is 4.26. The lowest BCUT2D eigenvalue weighted by atomic mass is 10.1. The normalized spacial score (nSPS) is 12.9. The zero-order valence-corrected chi connectivity index (χ0v) is 9.04. The van der Waals surface area contributed by atoms with E-state index in [2.05, 4.69) is 15.9 Å². The van der Waals surface area contributed by atoms with E-state index in [4.69, 9.17) is 9.47 Å². The molecule has 0 bridgehead atoms. The standard InChI is InChI=1S/C10H9BrO3/c11-5-8(12)3-7-1-2-9-10(4-7)14-6-13-9/h1-2,4H,3,5-6H2. The van der Waals surface area contributed by atoms with Crippen molar-refractivity contribution in [2.24, 2.45) is 0 Å². The highest BCUT2D eigenvalue weighted by Crippen LogP contribution is 2.32. The Bertz CT molecular complexity index is 362. The number of halogens is 1. The van der Waals surface area contributed by atoms with E-state index in [-0.39, 0.29) is 12.6 Å². The molecule has 1 heterocycles. The van der Waals surface area contributed by atoms with E-state index in [0.29, 0.717) is 11.8 Å². The number of alkyl halides is 1. The van der Waals surface area contributed by atoms with Gasteiger partial charge in [-0.1, -0.05) is 22.0 Å². The molecular weight excluding hydrogens is 248 g/mol. The van der Waals surface area contributed by atoms with Crippen molar-refractivity contribution >= 4 is 21.7 Å². The van der Waals surface area contributed by atoms with Crippen molar-refractivity contribution in [2.75, 3.05) is 12.1 Å². The first-order chi connectivity index (χ1) is 6.79. The van der Waals surface area contributed by atoms with Crippen molar-refractivity contribution < 1.29 is 14.3 Å². The van der Waals surface area contributed by atoms with E-state index in [1.54, 1.807) is 0 Å². The Labute approximate surface area is 90.1 Å². The number of fused-ring (bicyclic) bond motifs is 1. The first-order valence-corrected chi connectivity index (χ1v) is 5.38. The van der Waals surface area contributed by atoms with E-state index in [0.717, 1.165) is 17.1 Å². The molecule has 0 saturated heterocycles. The minimum Gasteiger partial charge on any atom is -0.454 e. The van der Waals surface area contributed by atoms with Crippen molar-refractivity contribution in [1.82, 2.24) is 0 Å². The SMILES string of the molecule is O=C(CBr)Cc1ccc2c(c1)OCO2. The van der Waals surface area contributed by atoms with Crippen LogP contribution in [0.1, 0.15) is 5.56 Å². The van der Waals surface area contributed by atoms with Crippen molar-refractivity contribution in [3.8, 4) is 11.5 Å². The van der Waals surface area contributed by atoms with Crippen molar-refractivity contribution in [3.05, 3.63) is 23.8 Å². The van der Waals surface area contributed by atoms with Crippen LogP contribution in [0.25, 0.3) is 0 Å². The fraction of sp³-hybridized carbons (Fsp3) is 0.300. The van der Waals surface area contributed by atoms with Crippen LogP contribution in [0.5, 0.6) is 11.5 Å². The van der Waals surface area contributed by atoms with Gasteiger partial charge in [0, 0.05) is 6.42 Å². The van der Waals surface area contributed by atoms with Gasteiger partial charge >= 0.3 is 0 Å². The zero-order valence-electron chi connectivity index (χ0n) is 7.46. The van der Waals surface area contributed by atoms with E-state index in [9.17, 15) is 4.79 Å². The van der Waals surface area contributed by atoms with Gasteiger partial charge in [-0.25, -0.2) is 0 Å². The number of hydrogen-bond acceptors (Lipinski definition) is 3. The molecule has 0 amide bonds. The molecule has 14 heavy (non-hydrogen) atoms. The van der Waals surface area contributed by atoms with Crippen LogP contribution in [-0.2, 0) is 11.2 Å². The minimum absolute atomic E-state index is 0.156. The first kappa shape index (κ1) is 9.52. The molecule has 0 aliphatic carbocycles. The van der Waals surface area contributed by atoms with Gasteiger partial charge in [-0.05, 0) is 17.7 Å². The molecular formula is C10H9BrO3. The molecule has 1 aromatic rings. The Kier molecular flexibility index (Phi) is 2.72. The Hall–Kier alpha value is -1.03. The second-order valence-corrected chi connectivity index (χ2v) is 3.60. The second-order valence-electron chi connectivity index (χ2n) is 3.04. The molecule has 0 fully saturated rings. The maximum absolute atomic E-state index is 11.2. The van der Waals surface area contributed by atoms with Crippen LogP contribution in [0.15, 0.2) is 18.2 Å². The molecule has 4 heteroatoms. The average molecular weight is 257 g/mol. The Balaban J connectivity index is 2.16. The lowest BCUT2D eigenvalue weighted by Gasteiger charge is -2.00. The number of ketones is 1. The van der Waals surface area contributed by atoms with Gasteiger partial charge in [0.05, 0.1) is 5.33 Å². The molecule has 0 spiro atoms. The summed E-state index contributed by atoms with van der Waals surface area (Å²) < 4.78 is 10.4. The van der Waals surface area contributed by atoms with Gasteiger partial charge in [0.2, 0.25) is 6.79 Å². The molecule has 74 valence electrons. The van der Waals surface area contributed by atoms with Gasteiger partial charge < -0.3 is 9.47 Å². The lowest BCUT2D eigenvalue weighted by Crippen LogP contribution is -2.03. The van der Waals surface area contributed by atoms with Crippen LogP contribution in [0.3, 0.4) is 0 Å². The molecule has 0 unspecified atom stereocenters. The van der Waals surface area contributed by atoms with Gasteiger partial charge in [-0.15, -0.1) is 0 Å². The number of carbonyl (C=O) groups excluding carboxylic acids is 1. The summed E-state index contributed by atoms with van der Waals surface area (Å²) in [6, 6.07) is 5.57. The summed E-state index contributed by atoms with van der Waals surface area (Å²) in [5.74, 6) is 1.63. The largest absolute Gasteiger partial charge is 0.454 e. The maximum atomic E-state index is 11.2. The maximum Gasteiger partial charge on any atom is 0.231 e. The highest BCUT2D eigenvalue weighted by atomic mass is 79.9. The molecule has 3 nitrogen and oxygen atoms in total. The summed E-state index contributed by atoms with van der Waals surface area (Å²) in [5.41, 5.74) is 0.957. The monoisotopic (exact) mass is 256 g/mol. The molecule has 0 saturated carbocycles. The smallest absolute Gasteiger partial charge is 0.231 e. The fourth-order valence-corrected chi connectivity index (χ4v) is 1.52. The minimum atomic E-state index is 0.156. The number of hydrogen-bond donors (Lipinski definition) is 0. The van der Waals surface area contributed by atoms with Crippen LogP contribution in [0.4, 0.5) is 0 Å². The Morgan fingerprint density at radius 3 is 2.93 bits per heavy atom. The van der Waals surface area contributed by atoms with Crippen LogP contribution < -0.4 is 9.47 Å². The number of ether oxygens (including phenoxy) is 2. The lowest BCUT2D eigenvalue weighted by molar-refractivity contribution is -0.115. The average Bonchev–Trinajstić information content (AvgIpc) is 2.64. The summed E-state index contributed by atoms with van der Waals surface area (Å²) >= 11 is 3.13. The number of Topliss-reactive ketones (excluding diaryl/α,β-unsaturated/α-hetero) is 1. The summed E-state index contributed by atoms with van der Waals surface area (Å²) in [5, 5.41) is 0.390. The quantitative estimate of drug-likeness (QED) is 0.776. The van der Waals surface area contributed by atoms with Gasteiger partial charge in [-0.3, -0.25) is 4.79 Å². The van der Waals surface area contributed by atoms with Gasteiger partial charge in [-0.2, -0.15) is 0 Å². The topological polar surface area (TPSA) is 35.5 Å². The van der Waals surface area contributed by atoms with E-state index < -0.39 is 0 Å². The van der Waals surface area contributed by atoms with Crippen molar-refractivity contribution in [3.63, 3.8) is 0 Å². The molecule has 1 aliphatic rings. The molecule has 0 radical (unpaired) electrons. The van der Waals surface area contributed by atoms with E-state index in [1.165, 1.54) is 0 Å². The second kappa shape index (κ2) is 4.00. The number of carbonyl (C=O) groups is 1. The highest BCUT2D eigenvalue weighted by molar-refractivity contribution is 9.09. The number of benzene rings is 1. The summed E-state index contributed by atoms with van der Waals surface area (Å²) in [7, 11) is 0. The number of rotatable bonds is 3. The fourth-order valence-electron chi connectivity index (χ4n) is 1.33. The molecule has 0 aromatic heterocycles. The van der Waals surface area contributed by atoms with E-state index >= 15 is 0 Å². The molecule has 1 aromatic carbocycles.